The number of hydrogen-bond acceptors (Lipinski definition) is 1. The molecule has 0 spiro atoms. The van der Waals surface area contributed by atoms with Crippen LogP contribution in [0.1, 0.15) is 24.5 Å². The number of carbonyl (C=O) groups excluding carboxylic acids is 1. The van der Waals surface area contributed by atoms with Crippen LogP contribution in [0.3, 0.4) is 0 Å². The lowest BCUT2D eigenvalue weighted by molar-refractivity contribution is -0.170. The fourth-order valence-electron chi connectivity index (χ4n) is 2.47. The van der Waals surface area contributed by atoms with E-state index in [0.717, 1.165) is 16.0 Å². The van der Waals surface area contributed by atoms with Crippen LogP contribution in [0.15, 0.2) is 18.2 Å². The predicted octanol–water partition coefficient (Wildman–Crippen LogP) is 3.70. The average Bonchev–Trinajstić information content (AvgIpc) is 2.35. The Kier molecular flexibility index (Phi) is 4.28. The van der Waals surface area contributed by atoms with Crippen molar-refractivity contribution in [3.63, 3.8) is 0 Å². The molecule has 1 aromatic carbocycles. The van der Waals surface area contributed by atoms with E-state index in [4.69, 9.17) is 11.6 Å². The zero-order chi connectivity index (χ0) is 14.9. The molecule has 1 aromatic rings. The highest BCUT2D eigenvalue weighted by molar-refractivity contribution is 6.20. The number of hydrogen-bond donors (Lipinski definition) is 0. The molecule has 2 rings (SSSR count). The van der Waals surface area contributed by atoms with E-state index in [1.807, 2.05) is 13.0 Å². The van der Waals surface area contributed by atoms with Gasteiger partial charge >= 0.3 is 12.1 Å². The first-order chi connectivity index (χ1) is 9.29. The van der Waals surface area contributed by atoms with Gasteiger partial charge in [-0.2, -0.15) is 13.2 Å². The van der Waals surface area contributed by atoms with Gasteiger partial charge in [-0.3, -0.25) is 4.79 Å². The topological polar surface area (TPSA) is 20.3 Å². The second kappa shape index (κ2) is 5.64. The van der Waals surface area contributed by atoms with Crippen LogP contribution >= 0.6 is 11.6 Å². The van der Waals surface area contributed by atoms with Crippen LogP contribution in [0.5, 0.6) is 0 Å². The van der Waals surface area contributed by atoms with E-state index in [0.29, 0.717) is 24.9 Å². The maximum absolute atomic E-state index is 12.6. The molecule has 1 aliphatic rings. The number of aryl methyl sites for hydroxylation is 1. The summed E-state index contributed by atoms with van der Waals surface area (Å²) in [5, 5.41) is -0.0375. The fraction of sp³-hybridized carbons (Fsp3) is 0.500. The van der Waals surface area contributed by atoms with Crippen molar-refractivity contribution in [1.29, 1.82) is 0 Å². The molecule has 0 radical (unpaired) electrons. The molecule has 6 heteroatoms. The number of fused-ring (bicyclic) bond motifs is 1. The SMILES string of the molecule is CC(Cl)Cc1ccc2c(c1)CCCN2C(=O)C(F)(F)F. The summed E-state index contributed by atoms with van der Waals surface area (Å²) in [7, 11) is 0. The summed E-state index contributed by atoms with van der Waals surface area (Å²) in [6, 6.07) is 5.18. The Hall–Kier alpha value is -1.23. The molecule has 0 saturated carbocycles. The van der Waals surface area contributed by atoms with Gasteiger partial charge in [0.15, 0.2) is 0 Å². The number of benzene rings is 1. The highest BCUT2D eigenvalue weighted by Crippen LogP contribution is 2.32. The first kappa shape index (κ1) is 15.2. The zero-order valence-electron chi connectivity index (χ0n) is 11.0. The molecule has 2 nitrogen and oxygen atoms in total. The standard InChI is InChI=1S/C14H15ClF3NO/c1-9(15)7-10-4-5-12-11(8-10)3-2-6-19(12)13(20)14(16,17)18/h4-5,8-9H,2-3,6-7H2,1H3. The molecule has 1 unspecified atom stereocenters. The van der Waals surface area contributed by atoms with E-state index in [1.54, 1.807) is 12.1 Å². The van der Waals surface area contributed by atoms with Gasteiger partial charge in [-0.1, -0.05) is 12.1 Å². The third kappa shape index (κ3) is 3.26. The molecule has 1 amide bonds. The number of alkyl halides is 4. The van der Waals surface area contributed by atoms with Crippen molar-refractivity contribution >= 4 is 23.2 Å². The van der Waals surface area contributed by atoms with Crippen LogP contribution in [-0.4, -0.2) is 24.0 Å². The Morgan fingerprint density at radius 3 is 2.75 bits per heavy atom. The molecule has 20 heavy (non-hydrogen) atoms. The van der Waals surface area contributed by atoms with Gasteiger partial charge in [-0.15, -0.1) is 11.6 Å². The average molecular weight is 306 g/mol. The van der Waals surface area contributed by atoms with Crippen molar-refractivity contribution in [3.8, 4) is 0 Å². The van der Waals surface area contributed by atoms with Gasteiger partial charge in [0.25, 0.3) is 0 Å². The minimum Gasteiger partial charge on any atom is -0.304 e. The van der Waals surface area contributed by atoms with Crippen LogP contribution in [0, 0.1) is 0 Å². The fourth-order valence-corrected chi connectivity index (χ4v) is 2.64. The summed E-state index contributed by atoms with van der Waals surface area (Å²) in [6.07, 6.45) is -2.96. The maximum Gasteiger partial charge on any atom is 0.471 e. The van der Waals surface area contributed by atoms with Crippen LogP contribution in [-0.2, 0) is 17.6 Å². The minimum atomic E-state index is -4.84. The first-order valence-corrected chi connectivity index (χ1v) is 6.87. The molecule has 0 bridgehead atoms. The van der Waals surface area contributed by atoms with Crippen LogP contribution in [0.4, 0.5) is 18.9 Å². The normalized spacial score (nSPS) is 16.8. The highest BCUT2D eigenvalue weighted by atomic mass is 35.5. The van der Waals surface area contributed by atoms with Gasteiger partial charge in [0.2, 0.25) is 0 Å². The first-order valence-electron chi connectivity index (χ1n) is 6.43. The molecule has 1 heterocycles. The van der Waals surface area contributed by atoms with Gasteiger partial charge in [-0.05, 0) is 43.4 Å². The largest absolute Gasteiger partial charge is 0.471 e. The second-order valence-corrected chi connectivity index (χ2v) is 5.75. The molecule has 110 valence electrons. The number of nitrogens with zero attached hydrogens (tertiary/aromatic N) is 1. The van der Waals surface area contributed by atoms with Gasteiger partial charge in [0.1, 0.15) is 0 Å². The van der Waals surface area contributed by atoms with Crippen molar-refractivity contribution in [3.05, 3.63) is 29.3 Å². The smallest absolute Gasteiger partial charge is 0.304 e. The van der Waals surface area contributed by atoms with E-state index >= 15 is 0 Å². The van der Waals surface area contributed by atoms with Gasteiger partial charge in [0, 0.05) is 17.6 Å². The molecule has 0 aliphatic carbocycles. The summed E-state index contributed by atoms with van der Waals surface area (Å²) in [6.45, 7) is 1.97. The summed E-state index contributed by atoms with van der Waals surface area (Å²) in [5.74, 6) is -1.79. The summed E-state index contributed by atoms with van der Waals surface area (Å²) in [5.41, 5.74) is 2.13. The molecular weight excluding hydrogens is 291 g/mol. The van der Waals surface area contributed by atoms with Crippen LogP contribution in [0.2, 0.25) is 0 Å². The van der Waals surface area contributed by atoms with Gasteiger partial charge in [-0.25, -0.2) is 0 Å². The van der Waals surface area contributed by atoms with Crippen molar-refractivity contribution < 1.29 is 18.0 Å². The van der Waals surface area contributed by atoms with Crippen LogP contribution < -0.4 is 4.90 Å². The molecule has 0 saturated heterocycles. The number of amides is 1. The lowest BCUT2D eigenvalue weighted by Gasteiger charge is -2.30. The minimum absolute atomic E-state index is 0.0375. The molecule has 1 aliphatic heterocycles. The Bertz CT molecular complexity index is 514. The zero-order valence-corrected chi connectivity index (χ0v) is 11.8. The predicted molar refractivity (Wildman–Crippen MR) is 72.2 cm³/mol. The third-order valence-corrected chi connectivity index (χ3v) is 3.42. The summed E-state index contributed by atoms with van der Waals surface area (Å²) in [4.78, 5) is 12.3. The Balaban J connectivity index is 2.30. The molecule has 0 aromatic heterocycles. The molecule has 1 atom stereocenters. The van der Waals surface area contributed by atoms with Crippen molar-refractivity contribution in [2.24, 2.45) is 0 Å². The van der Waals surface area contributed by atoms with Crippen molar-refractivity contribution in [2.75, 3.05) is 11.4 Å². The Morgan fingerprint density at radius 1 is 1.45 bits per heavy atom. The van der Waals surface area contributed by atoms with Crippen molar-refractivity contribution in [2.45, 2.75) is 37.7 Å². The Labute approximate surface area is 120 Å². The highest BCUT2D eigenvalue weighted by Gasteiger charge is 2.43. The van der Waals surface area contributed by atoms with Crippen molar-refractivity contribution in [1.82, 2.24) is 0 Å². The van der Waals surface area contributed by atoms with E-state index in [-0.39, 0.29) is 11.9 Å². The monoisotopic (exact) mass is 305 g/mol. The maximum atomic E-state index is 12.6. The van der Waals surface area contributed by atoms with E-state index < -0.39 is 12.1 Å². The Morgan fingerprint density at radius 2 is 2.15 bits per heavy atom. The number of carbonyl (C=O) groups is 1. The molecule has 0 N–H and O–H groups in total. The van der Waals surface area contributed by atoms with E-state index in [2.05, 4.69) is 0 Å². The quantitative estimate of drug-likeness (QED) is 0.763. The number of anilines is 1. The third-order valence-electron chi connectivity index (χ3n) is 3.27. The van der Waals surface area contributed by atoms with E-state index in [1.165, 1.54) is 0 Å². The molecule has 0 fully saturated rings. The van der Waals surface area contributed by atoms with Gasteiger partial charge in [0.05, 0.1) is 0 Å². The lowest BCUT2D eigenvalue weighted by Crippen LogP contribution is -2.43. The van der Waals surface area contributed by atoms with E-state index in [9.17, 15) is 18.0 Å². The summed E-state index contributed by atoms with van der Waals surface area (Å²) < 4.78 is 37.7. The second-order valence-electron chi connectivity index (χ2n) is 5.01. The number of rotatable bonds is 2. The number of halogens is 4. The van der Waals surface area contributed by atoms with Gasteiger partial charge < -0.3 is 4.90 Å². The summed E-state index contributed by atoms with van der Waals surface area (Å²) >= 11 is 5.92. The molecular formula is C14H15ClF3NO. The lowest BCUT2D eigenvalue weighted by atomic mass is 9.97. The van der Waals surface area contributed by atoms with Crippen LogP contribution in [0.25, 0.3) is 0 Å².